The van der Waals surface area contributed by atoms with Crippen molar-refractivity contribution in [2.45, 2.75) is 33.1 Å². The molecule has 1 fully saturated rings. The van der Waals surface area contributed by atoms with E-state index in [1.807, 2.05) is 18.2 Å². The zero-order valence-electron chi connectivity index (χ0n) is 11.7. The monoisotopic (exact) mass is 248 g/mol. The van der Waals surface area contributed by atoms with Crippen LogP contribution in [-0.2, 0) is 0 Å². The van der Waals surface area contributed by atoms with Crippen LogP contribution in [0, 0.1) is 5.41 Å². The molecule has 1 aromatic carbocycles. The first-order chi connectivity index (χ1) is 8.58. The molecule has 0 saturated carbocycles. The summed E-state index contributed by atoms with van der Waals surface area (Å²) >= 11 is 0. The molecule has 1 aliphatic rings. The molecule has 0 aromatic heterocycles. The van der Waals surface area contributed by atoms with Gasteiger partial charge in [-0.15, -0.1) is 0 Å². The van der Waals surface area contributed by atoms with Gasteiger partial charge in [0.25, 0.3) is 0 Å². The van der Waals surface area contributed by atoms with E-state index in [1.54, 1.807) is 7.11 Å². The van der Waals surface area contributed by atoms with Gasteiger partial charge in [-0.1, -0.05) is 20.3 Å². The van der Waals surface area contributed by atoms with Crippen LogP contribution < -0.4 is 15.4 Å². The predicted molar refractivity (Wildman–Crippen MR) is 77.3 cm³/mol. The average molecular weight is 248 g/mol. The third kappa shape index (κ3) is 2.55. The van der Waals surface area contributed by atoms with Crippen molar-refractivity contribution in [3.05, 3.63) is 18.2 Å². The third-order valence-electron chi connectivity index (χ3n) is 4.40. The summed E-state index contributed by atoms with van der Waals surface area (Å²) in [7, 11) is 1.69. The van der Waals surface area contributed by atoms with Gasteiger partial charge in [-0.05, 0) is 30.4 Å². The van der Waals surface area contributed by atoms with Crippen LogP contribution in [0.25, 0.3) is 0 Å². The molecule has 1 heterocycles. The molecule has 0 unspecified atom stereocenters. The topological polar surface area (TPSA) is 38.5 Å². The molecule has 0 aliphatic carbocycles. The molecule has 18 heavy (non-hydrogen) atoms. The fraction of sp³-hybridized carbons (Fsp3) is 0.600. The molecule has 0 amide bonds. The molecule has 1 aromatic rings. The van der Waals surface area contributed by atoms with Crippen LogP contribution in [0.15, 0.2) is 18.2 Å². The van der Waals surface area contributed by atoms with Crippen molar-refractivity contribution in [1.82, 2.24) is 0 Å². The number of ether oxygens (including phenoxy) is 1. The Morgan fingerprint density at radius 2 is 2.00 bits per heavy atom. The van der Waals surface area contributed by atoms with Crippen LogP contribution in [0.5, 0.6) is 5.75 Å². The highest BCUT2D eigenvalue weighted by molar-refractivity contribution is 5.69. The Hall–Kier alpha value is -1.38. The SMILES string of the molecule is CCC1(C)CCN(c2cc(OC)ccc2N)CC1. The first-order valence-electron chi connectivity index (χ1n) is 6.76. The summed E-state index contributed by atoms with van der Waals surface area (Å²) in [4.78, 5) is 2.38. The fourth-order valence-electron chi connectivity index (χ4n) is 2.57. The summed E-state index contributed by atoms with van der Waals surface area (Å²) in [6.07, 6.45) is 3.73. The lowest BCUT2D eigenvalue weighted by Gasteiger charge is -2.40. The second kappa shape index (κ2) is 5.09. The van der Waals surface area contributed by atoms with Gasteiger partial charge in [-0.3, -0.25) is 0 Å². The van der Waals surface area contributed by atoms with Gasteiger partial charge in [0.15, 0.2) is 0 Å². The number of anilines is 2. The molecule has 0 spiro atoms. The number of benzene rings is 1. The number of rotatable bonds is 3. The highest BCUT2D eigenvalue weighted by Crippen LogP contribution is 2.37. The van der Waals surface area contributed by atoms with E-state index in [1.165, 1.54) is 19.3 Å². The molecule has 1 aliphatic heterocycles. The highest BCUT2D eigenvalue weighted by Gasteiger charge is 2.28. The molecule has 0 radical (unpaired) electrons. The minimum absolute atomic E-state index is 0.504. The number of hydrogen-bond donors (Lipinski definition) is 1. The third-order valence-corrected chi connectivity index (χ3v) is 4.40. The van der Waals surface area contributed by atoms with E-state index < -0.39 is 0 Å². The van der Waals surface area contributed by atoms with Crippen molar-refractivity contribution in [3.8, 4) is 5.75 Å². The molecule has 0 bridgehead atoms. The summed E-state index contributed by atoms with van der Waals surface area (Å²) < 4.78 is 5.28. The van der Waals surface area contributed by atoms with E-state index in [0.717, 1.165) is 30.2 Å². The zero-order valence-corrected chi connectivity index (χ0v) is 11.7. The number of methoxy groups -OCH3 is 1. The maximum atomic E-state index is 6.08. The summed E-state index contributed by atoms with van der Waals surface area (Å²) in [5.74, 6) is 0.878. The van der Waals surface area contributed by atoms with E-state index in [4.69, 9.17) is 10.5 Å². The number of nitrogen functional groups attached to an aromatic ring is 1. The van der Waals surface area contributed by atoms with Crippen molar-refractivity contribution in [1.29, 1.82) is 0 Å². The normalized spacial score (nSPS) is 18.7. The summed E-state index contributed by atoms with van der Waals surface area (Å²) in [6, 6.07) is 5.89. The number of nitrogens with zero attached hydrogens (tertiary/aromatic N) is 1. The van der Waals surface area contributed by atoms with E-state index in [0.29, 0.717) is 5.41 Å². The maximum absolute atomic E-state index is 6.08. The molecular weight excluding hydrogens is 224 g/mol. The molecule has 2 N–H and O–H groups in total. The lowest BCUT2D eigenvalue weighted by Crippen LogP contribution is -2.38. The van der Waals surface area contributed by atoms with Crippen LogP contribution in [0.3, 0.4) is 0 Å². The largest absolute Gasteiger partial charge is 0.497 e. The molecule has 3 nitrogen and oxygen atoms in total. The molecule has 100 valence electrons. The Balaban J connectivity index is 2.14. The van der Waals surface area contributed by atoms with E-state index >= 15 is 0 Å². The van der Waals surface area contributed by atoms with Crippen molar-refractivity contribution in [2.24, 2.45) is 5.41 Å². The molecule has 1 saturated heterocycles. The lowest BCUT2D eigenvalue weighted by atomic mass is 9.78. The summed E-state index contributed by atoms with van der Waals surface area (Å²) in [5, 5.41) is 0. The van der Waals surface area contributed by atoms with Crippen LogP contribution in [-0.4, -0.2) is 20.2 Å². The highest BCUT2D eigenvalue weighted by atomic mass is 16.5. The minimum atomic E-state index is 0.504. The fourth-order valence-corrected chi connectivity index (χ4v) is 2.57. The Morgan fingerprint density at radius 1 is 1.33 bits per heavy atom. The van der Waals surface area contributed by atoms with Crippen molar-refractivity contribution < 1.29 is 4.74 Å². The second-order valence-electron chi connectivity index (χ2n) is 5.58. The van der Waals surface area contributed by atoms with Crippen LogP contribution in [0.4, 0.5) is 11.4 Å². The molecule has 2 rings (SSSR count). The van der Waals surface area contributed by atoms with Gasteiger partial charge in [0.05, 0.1) is 18.5 Å². The van der Waals surface area contributed by atoms with Gasteiger partial charge in [0, 0.05) is 19.2 Å². The number of hydrogen-bond acceptors (Lipinski definition) is 3. The molecular formula is C15H24N2O. The van der Waals surface area contributed by atoms with Crippen molar-refractivity contribution >= 4 is 11.4 Å². The maximum Gasteiger partial charge on any atom is 0.121 e. The predicted octanol–water partition coefficient (Wildman–Crippen LogP) is 3.29. The van der Waals surface area contributed by atoms with E-state index in [9.17, 15) is 0 Å². The van der Waals surface area contributed by atoms with Gasteiger partial charge in [-0.25, -0.2) is 0 Å². The van der Waals surface area contributed by atoms with Gasteiger partial charge in [-0.2, -0.15) is 0 Å². The van der Waals surface area contributed by atoms with E-state index in [-0.39, 0.29) is 0 Å². The average Bonchev–Trinajstić information content (AvgIpc) is 2.41. The number of piperidine rings is 1. The van der Waals surface area contributed by atoms with Gasteiger partial charge in [0.2, 0.25) is 0 Å². The quantitative estimate of drug-likeness (QED) is 0.834. The smallest absolute Gasteiger partial charge is 0.121 e. The number of nitrogens with two attached hydrogens (primary N) is 1. The Bertz CT molecular complexity index is 409. The van der Waals surface area contributed by atoms with E-state index in [2.05, 4.69) is 18.7 Å². The van der Waals surface area contributed by atoms with Gasteiger partial charge < -0.3 is 15.4 Å². The van der Waals surface area contributed by atoms with Crippen LogP contribution >= 0.6 is 0 Å². The first kappa shape index (κ1) is 13.1. The van der Waals surface area contributed by atoms with Gasteiger partial charge >= 0.3 is 0 Å². The minimum Gasteiger partial charge on any atom is -0.497 e. The van der Waals surface area contributed by atoms with Crippen molar-refractivity contribution in [3.63, 3.8) is 0 Å². The van der Waals surface area contributed by atoms with Crippen LogP contribution in [0.1, 0.15) is 33.1 Å². The second-order valence-corrected chi connectivity index (χ2v) is 5.58. The Labute approximate surface area is 110 Å². The lowest BCUT2D eigenvalue weighted by molar-refractivity contribution is 0.238. The summed E-state index contributed by atoms with van der Waals surface area (Å²) in [5.41, 5.74) is 8.54. The van der Waals surface area contributed by atoms with Crippen molar-refractivity contribution in [2.75, 3.05) is 30.8 Å². The Morgan fingerprint density at radius 3 is 2.56 bits per heavy atom. The Kier molecular flexibility index (Phi) is 3.69. The van der Waals surface area contributed by atoms with Crippen LogP contribution in [0.2, 0.25) is 0 Å². The molecule has 3 heteroatoms. The zero-order chi connectivity index (χ0) is 13.2. The van der Waals surface area contributed by atoms with Gasteiger partial charge in [0.1, 0.15) is 5.75 Å². The standard InChI is InChI=1S/C15H24N2O/c1-4-15(2)7-9-17(10-8-15)14-11-12(18-3)5-6-13(14)16/h5-6,11H,4,7-10,16H2,1-3H3. The summed E-state index contributed by atoms with van der Waals surface area (Å²) in [6.45, 7) is 6.85. The molecule has 0 atom stereocenters. The first-order valence-corrected chi connectivity index (χ1v) is 6.76.